The summed E-state index contributed by atoms with van der Waals surface area (Å²) in [4.78, 5) is 43.8. The van der Waals surface area contributed by atoms with Crippen molar-refractivity contribution in [2.24, 2.45) is 0 Å². The van der Waals surface area contributed by atoms with E-state index < -0.39 is 0 Å². The molecule has 2 aliphatic rings. The Balaban J connectivity index is 0.864. The Hall–Kier alpha value is -6.14. The van der Waals surface area contributed by atoms with Gasteiger partial charge in [0.2, 0.25) is 11.8 Å². The van der Waals surface area contributed by atoms with Crippen LogP contribution in [0.5, 0.6) is 0 Å². The maximum Gasteiger partial charge on any atom is 0.274 e. The number of carbonyl (C=O) groups excluding carboxylic acids is 3. The minimum Gasteiger partial charge on any atom is -0.374 e. The third kappa shape index (κ3) is 8.36. The van der Waals surface area contributed by atoms with Gasteiger partial charge >= 0.3 is 0 Å². The fourth-order valence-corrected chi connectivity index (χ4v) is 7.91. The molecule has 3 amide bonds. The number of benzene rings is 3. The first-order valence-corrected chi connectivity index (χ1v) is 19.7. The minimum absolute atomic E-state index is 0.204. The van der Waals surface area contributed by atoms with Gasteiger partial charge in [0.05, 0.1) is 11.2 Å². The predicted octanol–water partition coefficient (Wildman–Crippen LogP) is 7.18. The fraction of sp³-hybridized carbons (Fsp3) is 0.333. The number of anilines is 1. The molecule has 1 atom stereocenters. The predicted molar refractivity (Wildman–Crippen MR) is 218 cm³/mol. The zero-order valence-electron chi connectivity index (χ0n) is 32.8. The lowest BCUT2D eigenvalue weighted by atomic mass is 9.87. The van der Waals surface area contributed by atoms with Crippen LogP contribution < -0.4 is 16.0 Å². The van der Waals surface area contributed by atoms with E-state index in [1.54, 1.807) is 12.6 Å². The average Bonchev–Trinajstić information content (AvgIpc) is 3.88. The van der Waals surface area contributed by atoms with E-state index in [1.807, 2.05) is 62.7 Å². The van der Waals surface area contributed by atoms with Crippen molar-refractivity contribution in [1.29, 1.82) is 0 Å². The molecule has 3 N–H and O–H groups in total. The van der Waals surface area contributed by atoms with Crippen molar-refractivity contribution in [3.05, 3.63) is 125 Å². The summed E-state index contributed by atoms with van der Waals surface area (Å²) >= 11 is 0. The van der Waals surface area contributed by atoms with Crippen LogP contribution in [0.3, 0.4) is 0 Å². The van der Waals surface area contributed by atoms with Crippen LogP contribution in [0.25, 0.3) is 27.9 Å². The van der Waals surface area contributed by atoms with Gasteiger partial charge in [0, 0.05) is 48.1 Å². The molecule has 5 heterocycles. The van der Waals surface area contributed by atoms with E-state index in [0.29, 0.717) is 31.0 Å². The van der Waals surface area contributed by atoms with Crippen LogP contribution in [0.15, 0.2) is 96.1 Å². The molecular weight excluding hydrogens is 717 g/mol. The Bertz CT molecular complexity index is 2420. The summed E-state index contributed by atoms with van der Waals surface area (Å²) in [6.07, 6.45) is 8.25. The molecule has 292 valence electrons. The average molecular weight is 765 g/mol. The highest BCUT2D eigenvalue weighted by atomic mass is 16.5. The highest BCUT2D eigenvalue weighted by molar-refractivity contribution is 6.01. The Morgan fingerprint density at radius 3 is 2.40 bits per heavy atom. The highest BCUT2D eigenvalue weighted by Gasteiger charge is 2.28. The number of amides is 3. The van der Waals surface area contributed by atoms with Crippen LogP contribution in [0.2, 0.25) is 0 Å². The van der Waals surface area contributed by atoms with Crippen LogP contribution in [-0.4, -0.2) is 61.5 Å². The maximum atomic E-state index is 13.0. The Morgan fingerprint density at radius 1 is 0.930 bits per heavy atom. The number of hydrogen-bond acceptors (Lipinski definition) is 9. The second-order valence-electron chi connectivity index (χ2n) is 16.3. The van der Waals surface area contributed by atoms with Crippen LogP contribution in [0.4, 0.5) is 5.69 Å². The second-order valence-corrected chi connectivity index (χ2v) is 16.3. The third-order valence-corrected chi connectivity index (χ3v) is 11.3. The van der Waals surface area contributed by atoms with E-state index in [1.165, 1.54) is 11.1 Å². The molecule has 0 spiro atoms. The molecule has 1 unspecified atom stereocenters. The van der Waals surface area contributed by atoms with Gasteiger partial charge in [-0.2, -0.15) is 5.10 Å². The largest absolute Gasteiger partial charge is 0.374 e. The number of imide groups is 1. The third-order valence-electron chi connectivity index (χ3n) is 11.3. The van der Waals surface area contributed by atoms with Gasteiger partial charge in [-0.15, -0.1) is 0 Å². The number of aromatic nitrogens is 4. The van der Waals surface area contributed by atoms with Gasteiger partial charge in [-0.25, -0.2) is 9.50 Å². The number of rotatable bonds is 10. The van der Waals surface area contributed by atoms with Gasteiger partial charge in [-0.1, -0.05) is 74.5 Å². The quantitative estimate of drug-likeness (QED) is 0.124. The molecule has 8 rings (SSSR count). The lowest BCUT2D eigenvalue weighted by Crippen LogP contribution is -2.47. The van der Waals surface area contributed by atoms with Crippen molar-refractivity contribution in [1.82, 2.24) is 35.3 Å². The van der Waals surface area contributed by atoms with E-state index in [-0.39, 0.29) is 29.2 Å². The zero-order chi connectivity index (χ0) is 39.7. The molecule has 57 heavy (non-hydrogen) atoms. The Morgan fingerprint density at radius 2 is 1.68 bits per heavy atom. The second kappa shape index (κ2) is 15.8. The summed E-state index contributed by atoms with van der Waals surface area (Å²) in [5.74, 6) is -0.208. The Labute approximate surface area is 332 Å². The number of likely N-dealkylation sites (tertiary alicyclic amines) is 1. The summed E-state index contributed by atoms with van der Waals surface area (Å²) in [6.45, 7) is 11.5. The number of aryl methyl sites for hydroxylation is 1. The van der Waals surface area contributed by atoms with Crippen molar-refractivity contribution in [2.75, 3.05) is 18.4 Å². The van der Waals surface area contributed by atoms with E-state index in [4.69, 9.17) is 4.52 Å². The first-order valence-electron chi connectivity index (χ1n) is 19.7. The highest BCUT2D eigenvalue weighted by Crippen LogP contribution is 2.32. The topological polar surface area (TPSA) is 147 Å². The molecule has 3 aromatic carbocycles. The number of nitrogens with one attached hydrogen (secondary N) is 3. The maximum absolute atomic E-state index is 13.0. The molecule has 0 radical (unpaired) electrons. The molecule has 2 aliphatic heterocycles. The molecule has 0 aliphatic carbocycles. The molecule has 2 fully saturated rings. The van der Waals surface area contributed by atoms with Crippen molar-refractivity contribution >= 4 is 28.9 Å². The van der Waals surface area contributed by atoms with Crippen LogP contribution in [-0.2, 0) is 28.1 Å². The molecule has 0 bridgehead atoms. The summed E-state index contributed by atoms with van der Waals surface area (Å²) in [6, 6.07) is 25.2. The number of nitrogens with zero attached hydrogens (tertiary/aromatic N) is 5. The SMILES string of the molecule is Cc1cc(-c2ncnn3cc(-c4ccc(CN5CCC(c6ccc(NC7CCC(=O)NC7=O)cc6)CC5)cc4)cc23)ccc1CNC(=O)c1nocc1C(C)(C)C. The Kier molecular flexibility index (Phi) is 10.5. The van der Waals surface area contributed by atoms with Crippen LogP contribution >= 0.6 is 0 Å². The van der Waals surface area contributed by atoms with Gasteiger partial charge in [-0.05, 0) is 103 Å². The van der Waals surface area contributed by atoms with E-state index in [2.05, 4.69) is 84.6 Å². The molecule has 6 aromatic rings. The van der Waals surface area contributed by atoms with Crippen molar-refractivity contribution < 1.29 is 18.9 Å². The summed E-state index contributed by atoms with van der Waals surface area (Å²) in [7, 11) is 0. The number of carbonyl (C=O) groups is 3. The van der Waals surface area contributed by atoms with Gasteiger partial charge in [0.15, 0.2) is 5.69 Å². The molecule has 3 aromatic heterocycles. The monoisotopic (exact) mass is 764 g/mol. The lowest BCUT2D eigenvalue weighted by Gasteiger charge is -2.32. The van der Waals surface area contributed by atoms with E-state index in [9.17, 15) is 14.4 Å². The molecular formula is C45H48N8O4. The normalized spacial score (nSPS) is 16.8. The van der Waals surface area contributed by atoms with Gasteiger partial charge in [0.1, 0.15) is 18.6 Å². The molecule has 0 saturated carbocycles. The lowest BCUT2D eigenvalue weighted by molar-refractivity contribution is -0.133. The summed E-state index contributed by atoms with van der Waals surface area (Å²) in [5.41, 5.74) is 11.3. The number of fused-ring (bicyclic) bond motifs is 1. The van der Waals surface area contributed by atoms with Crippen molar-refractivity contribution in [3.8, 4) is 22.4 Å². The first-order chi connectivity index (χ1) is 27.5. The first kappa shape index (κ1) is 37.8. The number of hydrogen-bond donors (Lipinski definition) is 3. The minimum atomic E-state index is -0.375. The van der Waals surface area contributed by atoms with Crippen LogP contribution in [0.1, 0.15) is 90.7 Å². The fourth-order valence-electron chi connectivity index (χ4n) is 7.91. The zero-order valence-corrected chi connectivity index (χ0v) is 32.8. The molecule has 12 nitrogen and oxygen atoms in total. The molecule has 2 saturated heterocycles. The molecule has 12 heteroatoms. The van der Waals surface area contributed by atoms with Crippen molar-refractivity contribution in [2.45, 2.75) is 83.8 Å². The summed E-state index contributed by atoms with van der Waals surface area (Å²) < 4.78 is 7.01. The van der Waals surface area contributed by atoms with Crippen LogP contribution in [0, 0.1) is 6.92 Å². The smallest absolute Gasteiger partial charge is 0.274 e. The number of piperidine rings is 2. The van der Waals surface area contributed by atoms with E-state index >= 15 is 0 Å². The van der Waals surface area contributed by atoms with Gasteiger partial charge < -0.3 is 15.2 Å². The van der Waals surface area contributed by atoms with Gasteiger partial charge in [-0.3, -0.25) is 24.6 Å². The van der Waals surface area contributed by atoms with Crippen molar-refractivity contribution in [3.63, 3.8) is 0 Å². The standard InChI is InChI=1S/C45H48N8O4/c1-28-21-33(9-10-34(28)23-46-44(56)42-37(26-57-51-42)45(2,3)4)41-39-22-35(25-53(39)48-27-47-41)31-7-5-29(6-8-31)24-52-19-17-32(18-20-52)30-11-13-36(14-12-30)49-38-15-16-40(54)50-43(38)55/h5-14,21-22,25-27,32,38,49H,15-20,23-24H2,1-4H3,(H,46,56)(H,50,54,55). The summed E-state index contributed by atoms with van der Waals surface area (Å²) in [5, 5.41) is 17.2. The van der Waals surface area contributed by atoms with Gasteiger partial charge in [0.25, 0.3) is 5.91 Å². The van der Waals surface area contributed by atoms with E-state index in [0.717, 1.165) is 82.8 Å².